The molecule has 0 amide bonds. The van der Waals surface area contributed by atoms with Gasteiger partial charge in [-0.25, -0.2) is 9.67 Å². The molecule has 2 aromatic rings. The summed E-state index contributed by atoms with van der Waals surface area (Å²) in [6, 6.07) is 0.901. The summed E-state index contributed by atoms with van der Waals surface area (Å²) in [5.41, 5.74) is -0.224. The summed E-state index contributed by atoms with van der Waals surface area (Å²) in [5, 5.41) is 6.59. The molecular formula is C12H14F3N5. The van der Waals surface area contributed by atoms with Gasteiger partial charge in [0, 0.05) is 12.7 Å². The number of aromatic nitrogens is 4. The van der Waals surface area contributed by atoms with E-state index in [0.717, 1.165) is 29.4 Å². The van der Waals surface area contributed by atoms with Gasteiger partial charge in [-0.15, -0.1) is 0 Å². The van der Waals surface area contributed by atoms with Crippen molar-refractivity contribution in [2.24, 2.45) is 0 Å². The van der Waals surface area contributed by atoms with E-state index in [1.807, 2.05) is 0 Å². The molecule has 20 heavy (non-hydrogen) atoms. The Morgan fingerprint density at radius 3 is 2.60 bits per heavy atom. The molecule has 0 saturated heterocycles. The van der Waals surface area contributed by atoms with Crippen molar-refractivity contribution in [1.82, 2.24) is 25.1 Å². The summed E-state index contributed by atoms with van der Waals surface area (Å²) in [6.07, 6.45) is 0.687. The number of hydrogen-bond acceptors (Lipinski definition) is 4. The number of alkyl halides is 3. The van der Waals surface area contributed by atoms with Crippen molar-refractivity contribution in [3.63, 3.8) is 0 Å². The summed E-state index contributed by atoms with van der Waals surface area (Å²) in [5.74, 6) is 0.250. The molecule has 2 aromatic heterocycles. The molecule has 0 bridgehead atoms. The Balaban J connectivity index is 2.08. The second-order valence-electron chi connectivity index (χ2n) is 4.19. The number of hydrogen-bond donors (Lipinski definition) is 1. The van der Waals surface area contributed by atoms with Gasteiger partial charge in [0.25, 0.3) is 0 Å². The summed E-state index contributed by atoms with van der Waals surface area (Å²) in [4.78, 5) is 8.18. The van der Waals surface area contributed by atoms with Gasteiger partial charge in [0.15, 0.2) is 11.5 Å². The van der Waals surface area contributed by atoms with Crippen LogP contribution in [-0.2, 0) is 12.7 Å². The number of halogens is 3. The molecule has 8 heteroatoms. The van der Waals surface area contributed by atoms with Gasteiger partial charge in [-0.05, 0) is 19.0 Å². The third-order valence-corrected chi connectivity index (χ3v) is 2.54. The van der Waals surface area contributed by atoms with Crippen LogP contribution in [0.3, 0.4) is 0 Å². The lowest BCUT2D eigenvalue weighted by Gasteiger charge is -2.04. The zero-order valence-corrected chi connectivity index (χ0v) is 10.9. The average molecular weight is 285 g/mol. The second kappa shape index (κ2) is 6.00. The van der Waals surface area contributed by atoms with E-state index >= 15 is 0 Å². The predicted molar refractivity (Wildman–Crippen MR) is 66.2 cm³/mol. The highest BCUT2D eigenvalue weighted by Crippen LogP contribution is 2.27. The molecule has 5 nitrogen and oxygen atoms in total. The van der Waals surface area contributed by atoms with Crippen LogP contribution in [0.5, 0.6) is 0 Å². The Morgan fingerprint density at radius 1 is 1.25 bits per heavy atom. The summed E-state index contributed by atoms with van der Waals surface area (Å²) < 4.78 is 38.4. The third-order valence-electron chi connectivity index (χ3n) is 2.54. The van der Waals surface area contributed by atoms with Crippen molar-refractivity contribution in [3.8, 4) is 5.82 Å². The molecule has 0 atom stereocenters. The predicted octanol–water partition coefficient (Wildman–Crippen LogP) is 2.18. The first-order chi connectivity index (χ1) is 9.50. The first kappa shape index (κ1) is 14.4. The fourth-order valence-corrected chi connectivity index (χ4v) is 1.55. The minimum absolute atomic E-state index is 0.250. The first-order valence-electron chi connectivity index (χ1n) is 6.15. The van der Waals surface area contributed by atoms with Crippen molar-refractivity contribution in [2.45, 2.75) is 26.1 Å². The SMILES string of the molecule is CCCNCc1cnc(-n2ccc(C(F)(F)F)n2)cn1. The maximum absolute atomic E-state index is 12.4. The maximum Gasteiger partial charge on any atom is 0.435 e. The van der Waals surface area contributed by atoms with Crippen LogP contribution in [-0.4, -0.2) is 26.3 Å². The van der Waals surface area contributed by atoms with Gasteiger partial charge < -0.3 is 5.32 Å². The van der Waals surface area contributed by atoms with Crippen LogP contribution in [0.4, 0.5) is 13.2 Å². The van der Waals surface area contributed by atoms with Crippen LogP contribution in [0.2, 0.25) is 0 Å². The fourth-order valence-electron chi connectivity index (χ4n) is 1.55. The van der Waals surface area contributed by atoms with E-state index in [4.69, 9.17) is 0 Å². The van der Waals surface area contributed by atoms with E-state index in [1.165, 1.54) is 18.6 Å². The molecule has 0 unspecified atom stereocenters. The van der Waals surface area contributed by atoms with Gasteiger partial charge in [-0.3, -0.25) is 4.98 Å². The van der Waals surface area contributed by atoms with E-state index in [1.54, 1.807) is 0 Å². The highest BCUT2D eigenvalue weighted by molar-refractivity contribution is 5.19. The molecule has 0 spiro atoms. The zero-order valence-electron chi connectivity index (χ0n) is 10.9. The highest BCUT2D eigenvalue weighted by atomic mass is 19.4. The highest BCUT2D eigenvalue weighted by Gasteiger charge is 2.33. The molecule has 0 fully saturated rings. The smallest absolute Gasteiger partial charge is 0.311 e. The van der Waals surface area contributed by atoms with E-state index in [9.17, 15) is 13.2 Å². The Kier molecular flexibility index (Phi) is 4.33. The van der Waals surface area contributed by atoms with Gasteiger partial charge in [-0.1, -0.05) is 6.92 Å². The summed E-state index contributed by atoms with van der Waals surface area (Å²) >= 11 is 0. The zero-order chi connectivity index (χ0) is 14.6. The second-order valence-corrected chi connectivity index (χ2v) is 4.19. The lowest BCUT2D eigenvalue weighted by Crippen LogP contribution is -2.15. The van der Waals surface area contributed by atoms with Crippen molar-refractivity contribution < 1.29 is 13.2 Å². The van der Waals surface area contributed by atoms with Crippen LogP contribution >= 0.6 is 0 Å². The molecule has 0 aliphatic carbocycles. The summed E-state index contributed by atoms with van der Waals surface area (Å²) in [7, 11) is 0. The molecule has 108 valence electrons. The molecule has 2 rings (SSSR count). The number of nitrogens with one attached hydrogen (secondary N) is 1. The summed E-state index contributed by atoms with van der Waals surface area (Å²) in [6.45, 7) is 3.50. The molecule has 0 aliphatic heterocycles. The van der Waals surface area contributed by atoms with Crippen molar-refractivity contribution in [3.05, 3.63) is 36.0 Å². The largest absolute Gasteiger partial charge is 0.435 e. The minimum atomic E-state index is -4.46. The number of rotatable bonds is 5. The molecule has 0 saturated carbocycles. The van der Waals surface area contributed by atoms with Crippen molar-refractivity contribution >= 4 is 0 Å². The van der Waals surface area contributed by atoms with E-state index < -0.39 is 11.9 Å². The van der Waals surface area contributed by atoms with Crippen molar-refractivity contribution in [2.75, 3.05) is 6.54 Å². The average Bonchev–Trinajstić information content (AvgIpc) is 2.89. The first-order valence-corrected chi connectivity index (χ1v) is 6.15. The van der Waals surface area contributed by atoms with Crippen LogP contribution < -0.4 is 5.32 Å². The monoisotopic (exact) mass is 285 g/mol. The Morgan fingerprint density at radius 2 is 2.05 bits per heavy atom. The third kappa shape index (κ3) is 3.53. The van der Waals surface area contributed by atoms with Gasteiger partial charge in [0.1, 0.15) is 0 Å². The Bertz CT molecular complexity index is 547. The molecular weight excluding hydrogens is 271 g/mol. The van der Waals surface area contributed by atoms with E-state index in [0.29, 0.717) is 6.54 Å². The molecule has 1 N–H and O–H groups in total. The normalized spacial score (nSPS) is 11.8. The minimum Gasteiger partial charge on any atom is -0.311 e. The van der Waals surface area contributed by atoms with Gasteiger partial charge in [-0.2, -0.15) is 18.3 Å². The van der Waals surface area contributed by atoms with E-state index in [-0.39, 0.29) is 5.82 Å². The van der Waals surface area contributed by atoms with Crippen LogP contribution in [0.25, 0.3) is 5.82 Å². The molecule has 0 radical (unpaired) electrons. The van der Waals surface area contributed by atoms with Crippen molar-refractivity contribution in [1.29, 1.82) is 0 Å². The fraction of sp³-hybridized carbons (Fsp3) is 0.417. The van der Waals surface area contributed by atoms with Gasteiger partial charge in [0.05, 0.1) is 18.1 Å². The van der Waals surface area contributed by atoms with Gasteiger partial charge >= 0.3 is 6.18 Å². The molecule has 0 aliphatic rings. The Labute approximate surface area is 113 Å². The molecule has 0 aromatic carbocycles. The van der Waals surface area contributed by atoms with Crippen LogP contribution in [0.1, 0.15) is 24.7 Å². The van der Waals surface area contributed by atoms with Crippen LogP contribution in [0.15, 0.2) is 24.7 Å². The van der Waals surface area contributed by atoms with E-state index in [2.05, 4.69) is 27.3 Å². The standard InChI is InChI=1S/C12H14F3N5/c1-2-4-16-6-9-7-18-11(8-17-9)20-5-3-10(19-20)12(13,14)15/h3,5,7-8,16H,2,4,6H2,1H3. The lowest BCUT2D eigenvalue weighted by molar-refractivity contribution is -0.141. The maximum atomic E-state index is 12.4. The number of nitrogens with zero attached hydrogens (tertiary/aromatic N) is 4. The topological polar surface area (TPSA) is 55.6 Å². The quantitative estimate of drug-likeness (QED) is 0.856. The molecule has 2 heterocycles. The van der Waals surface area contributed by atoms with Gasteiger partial charge in [0.2, 0.25) is 0 Å². The van der Waals surface area contributed by atoms with Crippen LogP contribution in [0, 0.1) is 0 Å². The Hall–Kier alpha value is -1.96. The lowest BCUT2D eigenvalue weighted by atomic mass is 10.4.